The lowest BCUT2D eigenvalue weighted by Gasteiger charge is -2.32. The summed E-state index contributed by atoms with van der Waals surface area (Å²) in [5, 5.41) is 7.37. The fourth-order valence-electron chi connectivity index (χ4n) is 6.48. The van der Waals surface area contributed by atoms with Gasteiger partial charge in [0.1, 0.15) is 5.82 Å². The van der Waals surface area contributed by atoms with E-state index in [1.54, 1.807) is 0 Å². The Morgan fingerprint density at radius 3 is 2.57 bits per heavy atom. The Hall–Kier alpha value is -3.56. The normalized spacial score (nSPS) is 18.5. The summed E-state index contributed by atoms with van der Waals surface area (Å²) >= 11 is 13.6. The number of amides is 2. The smallest absolute Gasteiger partial charge is 0.253 e. The van der Waals surface area contributed by atoms with Gasteiger partial charge in [-0.2, -0.15) is 0 Å². The van der Waals surface area contributed by atoms with Crippen molar-refractivity contribution in [3.63, 3.8) is 0 Å². The summed E-state index contributed by atoms with van der Waals surface area (Å²) in [5.74, 6) is 1.37. The lowest BCUT2D eigenvalue weighted by Crippen LogP contribution is -2.39. The molecule has 244 valence electrons. The molecular formula is C35H43Cl2N7O2. The van der Waals surface area contributed by atoms with E-state index in [-0.39, 0.29) is 17.9 Å². The Morgan fingerprint density at radius 1 is 1.07 bits per heavy atom. The van der Waals surface area contributed by atoms with Gasteiger partial charge in [-0.3, -0.25) is 9.59 Å². The molecule has 0 unspecified atom stereocenters. The zero-order chi connectivity index (χ0) is 32.7. The van der Waals surface area contributed by atoms with Crippen molar-refractivity contribution in [1.29, 1.82) is 0 Å². The molecule has 0 bridgehead atoms. The summed E-state index contributed by atoms with van der Waals surface area (Å²) in [5.41, 5.74) is 5.35. The number of hydrogen-bond donors (Lipinski definition) is 2. The zero-order valence-electron chi connectivity index (χ0n) is 27.3. The predicted molar refractivity (Wildman–Crippen MR) is 183 cm³/mol. The molecule has 2 aromatic heterocycles. The van der Waals surface area contributed by atoms with Crippen LogP contribution in [0.4, 0.5) is 5.69 Å². The number of carbonyl (C=O) groups is 2. The zero-order valence-corrected chi connectivity index (χ0v) is 28.8. The molecule has 6 rings (SSSR count). The topological polar surface area (TPSA) is 97.1 Å². The minimum Gasteiger partial charge on any atom is -0.363 e. The minimum atomic E-state index is -0.506. The second-order valence-electron chi connectivity index (χ2n) is 14.0. The maximum atomic E-state index is 13.9. The molecule has 1 aliphatic heterocycles. The number of rotatable bonds is 7. The number of nitrogens with one attached hydrogen (secondary N) is 2. The van der Waals surface area contributed by atoms with E-state index >= 15 is 0 Å². The average Bonchev–Trinajstić information content (AvgIpc) is 3.62. The molecule has 0 spiro atoms. The Labute approximate surface area is 280 Å². The Balaban J connectivity index is 1.33. The van der Waals surface area contributed by atoms with Crippen molar-refractivity contribution in [2.24, 2.45) is 18.4 Å². The van der Waals surface area contributed by atoms with E-state index in [1.807, 2.05) is 58.5 Å². The summed E-state index contributed by atoms with van der Waals surface area (Å²) in [6, 6.07) is 7.87. The Morgan fingerprint density at radius 2 is 1.83 bits per heavy atom. The third-order valence-electron chi connectivity index (χ3n) is 9.51. The monoisotopic (exact) mass is 663 g/mol. The van der Waals surface area contributed by atoms with Crippen molar-refractivity contribution >= 4 is 51.7 Å². The molecule has 0 radical (unpaired) electrons. The standard InChI is InChI=1S/C35H43Cl2N7O2/c1-21-6-9-23(10-7-21)40-33(45)26-14-28-30(16-29(26)43-12-13-44-20-38-18-24(44)19-43)42(5)31(41-28)15-25-27(36)11-8-22(32(25)37)17-39-34(46)35(2,3)4/h8,11,14,16,18,20-21,23H,6-7,9-10,12-13,15,17,19H2,1-5H3,(H,39,46)(H,40,45). The molecule has 4 aromatic rings. The third kappa shape index (κ3) is 6.63. The van der Waals surface area contributed by atoms with Crippen molar-refractivity contribution in [2.75, 3.05) is 11.4 Å². The number of halogens is 2. The number of imidazole rings is 2. The van der Waals surface area contributed by atoms with Gasteiger partial charge in [-0.05, 0) is 60.9 Å². The van der Waals surface area contributed by atoms with Crippen LogP contribution < -0.4 is 15.5 Å². The highest BCUT2D eigenvalue weighted by molar-refractivity contribution is 6.36. The van der Waals surface area contributed by atoms with Gasteiger partial charge < -0.3 is 24.7 Å². The first-order valence-electron chi connectivity index (χ1n) is 16.2. The van der Waals surface area contributed by atoms with Crippen LogP contribution in [0.1, 0.15) is 86.4 Å². The van der Waals surface area contributed by atoms with E-state index in [2.05, 4.69) is 42.6 Å². The number of aryl methyl sites for hydroxylation is 1. The first-order valence-corrected chi connectivity index (χ1v) is 16.9. The minimum absolute atomic E-state index is 0.0535. The number of hydrogen-bond acceptors (Lipinski definition) is 5. The van der Waals surface area contributed by atoms with Gasteiger partial charge in [0.25, 0.3) is 5.91 Å². The summed E-state index contributed by atoms with van der Waals surface area (Å²) in [4.78, 5) is 38.0. The molecular weight excluding hydrogens is 621 g/mol. The van der Waals surface area contributed by atoms with Crippen LogP contribution in [0.15, 0.2) is 36.8 Å². The number of carbonyl (C=O) groups excluding carboxylic acids is 2. The van der Waals surface area contributed by atoms with Crippen LogP contribution in [0.5, 0.6) is 0 Å². The van der Waals surface area contributed by atoms with E-state index in [0.29, 0.717) is 41.0 Å². The van der Waals surface area contributed by atoms with Crippen molar-refractivity contribution in [1.82, 2.24) is 29.7 Å². The van der Waals surface area contributed by atoms with Crippen LogP contribution in [-0.2, 0) is 37.9 Å². The Bertz CT molecular complexity index is 1780. The summed E-state index contributed by atoms with van der Waals surface area (Å²) in [6.45, 7) is 10.4. The first kappa shape index (κ1) is 32.4. The van der Waals surface area contributed by atoms with E-state index in [1.165, 1.54) is 0 Å². The highest BCUT2D eigenvalue weighted by Gasteiger charge is 2.27. The van der Waals surface area contributed by atoms with Gasteiger partial charge in [0, 0.05) is 55.8 Å². The van der Waals surface area contributed by atoms with E-state index in [4.69, 9.17) is 28.2 Å². The van der Waals surface area contributed by atoms with E-state index < -0.39 is 5.41 Å². The van der Waals surface area contributed by atoms with Crippen LogP contribution in [0.25, 0.3) is 11.0 Å². The third-order valence-corrected chi connectivity index (χ3v) is 10.3. The number of aromatic nitrogens is 4. The molecule has 2 amide bonds. The molecule has 0 atom stereocenters. The fourth-order valence-corrected chi connectivity index (χ4v) is 7.05. The van der Waals surface area contributed by atoms with Crippen molar-refractivity contribution < 1.29 is 9.59 Å². The van der Waals surface area contributed by atoms with E-state index in [9.17, 15) is 9.59 Å². The lowest BCUT2D eigenvalue weighted by molar-refractivity contribution is -0.128. The molecule has 9 nitrogen and oxygen atoms in total. The second-order valence-corrected chi connectivity index (χ2v) is 14.8. The first-order chi connectivity index (χ1) is 21.9. The van der Waals surface area contributed by atoms with Crippen LogP contribution in [0, 0.1) is 11.3 Å². The molecule has 0 saturated heterocycles. The molecule has 3 heterocycles. The van der Waals surface area contributed by atoms with Crippen LogP contribution in [0.2, 0.25) is 10.0 Å². The summed E-state index contributed by atoms with van der Waals surface area (Å²) in [7, 11) is 1.98. The molecule has 11 heteroatoms. The van der Waals surface area contributed by atoms with Crippen molar-refractivity contribution in [3.05, 3.63) is 75.0 Å². The van der Waals surface area contributed by atoms with Crippen LogP contribution in [-0.4, -0.2) is 43.5 Å². The Kier molecular flexibility index (Phi) is 9.09. The highest BCUT2D eigenvalue weighted by Crippen LogP contribution is 2.34. The highest BCUT2D eigenvalue weighted by atomic mass is 35.5. The van der Waals surface area contributed by atoms with Crippen molar-refractivity contribution in [3.8, 4) is 0 Å². The molecule has 1 fully saturated rings. The van der Waals surface area contributed by atoms with Gasteiger partial charge in [-0.25, -0.2) is 9.97 Å². The maximum absolute atomic E-state index is 13.9. The quantitative estimate of drug-likeness (QED) is 0.231. The maximum Gasteiger partial charge on any atom is 0.253 e. The van der Waals surface area contributed by atoms with Gasteiger partial charge in [-0.15, -0.1) is 0 Å². The van der Waals surface area contributed by atoms with Crippen LogP contribution in [0.3, 0.4) is 0 Å². The van der Waals surface area contributed by atoms with E-state index in [0.717, 1.165) is 78.1 Å². The lowest BCUT2D eigenvalue weighted by atomic mass is 9.87. The van der Waals surface area contributed by atoms with Crippen LogP contribution >= 0.6 is 23.2 Å². The molecule has 46 heavy (non-hydrogen) atoms. The van der Waals surface area contributed by atoms with Gasteiger partial charge in [-0.1, -0.05) is 57.0 Å². The fraction of sp³-hybridized carbons (Fsp3) is 0.486. The number of fused-ring (bicyclic) bond motifs is 2. The molecule has 2 aliphatic rings. The van der Waals surface area contributed by atoms with Gasteiger partial charge in [0.05, 0.1) is 45.9 Å². The molecule has 1 aliphatic carbocycles. The summed E-state index contributed by atoms with van der Waals surface area (Å²) < 4.78 is 4.22. The number of nitrogens with zero attached hydrogens (tertiary/aromatic N) is 5. The molecule has 1 saturated carbocycles. The molecule has 2 N–H and O–H groups in total. The predicted octanol–water partition coefficient (Wildman–Crippen LogP) is 6.66. The molecule has 2 aromatic carbocycles. The SMILES string of the molecule is CC1CCC(NC(=O)c2cc3nc(Cc4c(Cl)ccc(CNC(=O)C(C)(C)C)c4Cl)n(C)c3cc2N2CCn3cncc3C2)CC1. The second kappa shape index (κ2) is 12.9. The summed E-state index contributed by atoms with van der Waals surface area (Å²) in [6.07, 6.45) is 8.42. The largest absolute Gasteiger partial charge is 0.363 e. The van der Waals surface area contributed by atoms with Gasteiger partial charge in [0.2, 0.25) is 5.91 Å². The average molecular weight is 665 g/mol. The number of anilines is 1. The van der Waals surface area contributed by atoms with Crippen molar-refractivity contribution in [2.45, 2.75) is 85.5 Å². The number of benzene rings is 2. The van der Waals surface area contributed by atoms with Gasteiger partial charge in [0.15, 0.2) is 0 Å². The van der Waals surface area contributed by atoms with Gasteiger partial charge >= 0.3 is 0 Å².